The van der Waals surface area contributed by atoms with Crippen LogP contribution in [-0.2, 0) is 32.7 Å². The van der Waals surface area contributed by atoms with Crippen LogP contribution in [0.5, 0.6) is 0 Å². The Hall–Kier alpha value is -1.25. The topological polar surface area (TPSA) is 108 Å². The van der Waals surface area contributed by atoms with Crippen LogP contribution in [0.15, 0.2) is 12.2 Å². The second-order valence-corrected chi connectivity index (χ2v) is 20.0. The number of quaternary nitrogens is 1. The Morgan fingerprint density at radius 1 is 0.500 bits per heavy atom. The lowest BCUT2D eigenvalue weighted by molar-refractivity contribution is -0.870. The molecular weight excluding hydrogens is 774 g/mol. The molecule has 10 heteroatoms. The molecule has 0 fully saturated rings. The maximum atomic E-state index is 12.7. The van der Waals surface area contributed by atoms with Crippen molar-refractivity contribution >= 4 is 19.8 Å². The van der Waals surface area contributed by atoms with Gasteiger partial charge in [-0.3, -0.25) is 18.6 Å². The number of phosphoric acid groups is 1. The molecule has 9 nitrogen and oxygen atoms in total. The number of carbonyl (C=O) groups excluding carboxylic acids is 2. The van der Waals surface area contributed by atoms with Crippen LogP contribution >= 0.6 is 7.82 Å². The number of hydrogen-bond acceptors (Lipinski definition) is 7. The minimum atomic E-state index is -4.37. The van der Waals surface area contributed by atoms with E-state index >= 15 is 0 Å². The summed E-state index contributed by atoms with van der Waals surface area (Å²) in [7, 11) is 1.49. The van der Waals surface area contributed by atoms with Crippen molar-refractivity contribution < 1.29 is 42.1 Å². The highest BCUT2D eigenvalue weighted by Crippen LogP contribution is 2.43. The van der Waals surface area contributed by atoms with Crippen molar-refractivity contribution in [1.82, 2.24) is 0 Å². The number of rotatable bonds is 47. The van der Waals surface area contributed by atoms with Crippen LogP contribution in [0.1, 0.15) is 245 Å². The standard InChI is InChI=1S/C50H98NO8P/c1-6-8-10-12-14-16-18-20-22-23-24-25-26-27-29-31-33-35-37-39-41-43-50(53)59-48(47-58-60(54,55)57-45-44-51(3,4)5)46-56-49(52)42-40-38-36-34-32-30-28-21-19-17-15-13-11-9-7-2/h23-24,48H,6-22,25-47H2,1-5H3/p+1/b24-23-. The van der Waals surface area contributed by atoms with E-state index in [2.05, 4.69) is 26.0 Å². The molecule has 0 heterocycles. The molecule has 60 heavy (non-hydrogen) atoms. The SMILES string of the molecule is CCCCCCCCCC/C=C\CCCCCCCCCCCC(=O)OC(COC(=O)CCCCCCCCCCCCCCCCC)COP(=O)(O)OCC[N+](C)(C)C. The molecule has 0 saturated heterocycles. The molecule has 0 amide bonds. The highest BCUT2D eigenvalue weighted by molar-refractivity contribution is 7.47. The summed E-state index contributed by atoms with van der Waals surface area (Å²) < 4.78 is 34.4. The lowest BCUT2D eigenvalue weighted by atomic mass is 10.0. The lowest BCUT2D eigenvalue weighted by Crippen LogP contribution is -2.37. The predicted octanol–water partition coefficient (Wildman–Crippen LogP) is 14.9. The first-order valence-corrected chi connectivity index (χ1v) is 26.9. The fourth-order valence-electron chi connectivity index (χ4n) is 7.31. The third-order valence-electron chi connectivity index (χ3n) is 11.3. The number of unbranched alkanes of at least 4 members (excludes halogenated alkanes) is 31. The normalized spacial score (nSPS) is 13.5. The van der Waals surface area contributed by atoms with Crippen LogP contribution in [0.4, 0.5) is 0 Å². The summed E-state index contributed by atoms with van der Waals surface area (Å²) in [5, 5.41) is 0. The van der Waals surface area contributed by atoms with Crippen LogP contribution in [0.3, 0.4) is 0 Å². The van der Waals surface area contributed by atoms with Gasteiger partial charge in [-0.15, -0.1) is 0 Å². The minimum Gasteiger partial charge on any atom is -0.462 e. The Balaban J connectivity index is 4.22. The summed E-state index contributed by atoms with van der Waals surface area (Å²) in [5.41, 5.74) is 0. The first kappa shape index (κ1) is 58.8. The monoisotopic (exact) mass is 873 g/mol. The van der Waals surface area contributed by atoms with Gasteiger partial charge in [-0.05, 0) is 38.5 Å². The first-order valence-electron chi connectivity index (χ1n) is 25.4. The van der Waals surface area contributed by atoms with E-state index < -0.39 is 26.5 Å². The summed E-state index contributed by atoms with van der Waals surface area (Å²) in [6, 6.07) is 0. The summed E-state index contributed by atoms with van der Waals surface area (Å²) in [5.74, 6) is -0.786. The molecule has 0 aliphatic rings. The van der Waals surface area contributed by atoms with Gasteiger partial charge in [0.25, 0.3) is 0 Å². The van der Waals surface area contributed by atoms with Crippen LogP contribution in [0.25, 0.3) is 0 Å². The van der Waals surface area contributed by atoms with Crippen molar-refractivity contribution in [1.29, 1.82) is 0 Å². The fourth-order valence-corrected chi connectivity index (χ4v) is 8.05. The Kier molecular flexibility index (Phi) is 42.1. The van der Waals surface area contributed by atoms with E-state index in [1.54, 1.807) is 0 Å². The zero-order chi connectivity index (χ0) is 44.3. The van der Waals surface area contributed by atoms with Crippen molar-refractivity contribution in [2.45, 2.75) is 251 Å². The third-order valence-corrected chi connectivity index (χ3v) is 12.3. The first-order chi connectivity index (χ1) is 29.0. The Bertz CT molecular complexity index is 1030. The molecule has 0 aliphatic heterocycles. The van der Waals surface area contributed by atoms with Crippen LogP contribution < -0.4 is 0 Å². The number of likely N-dealkylation sites (N-methyl/N-ethyl adjacent to an activating group) is 1. The van der Waals surface area contributed by atoms with Gasteiger partial charge in [0.05, 0.1) is 27.7 Å². The predicted molar refractivity (Wildman–Crippen MR) is 252 cm³/mol. The quantitative estimate of drug-likeness (QED) is 0.0212. The average molecular weight is 873 g/mol. The Morgan fingerprint density at radius 2 is 0.850 bits per heavy atom. The number of phosphoric ester groups is 1. The van der Waals surface area contributed by atoms with Gasteiger partial charge in [0.1, 0.15) is 19.8 Å². The molecule has 0 spiro atoms. The molecule has 0 aromatic carbocycles. The molecule has 356 valence electrons. The van der Waals surface area contributed by atoms with Crippen molar-refractivity contribution in [3.05, 3.63) is 12.2 Å². The highest BCUT2D eigenvalue weighted by atomic mass is 31.2. The number of allylic oxidation sites excluding steroid dienone is 2. The van der Waals surface area contributed by atoms with Gasteiger partial charge < -0.3 is 18.9 Å². The van der Waals surface area contributed by atoms with Gasteiger partial charge >= 0.3 is 19.8 Å². The summed E-state index contributed by atoms with van der Waals surface area (Å²) in [6.45, 7) is 4.47. The second-order valence-electron chi connectivity index (χ2n) is 18.6. The number of ether oxygens (including phenoxy) is 2. The van der Waals surface area contributed by atoms with Gasteiger partial charge in [0, 0.05) is 12.8 Å². The van der Waals surface area contributed by atoms with Crippen molar-refractivity contribution in [3.8, 4) is 0 Å². The van der Waals surface area contributed by atoms with E-state index in [1.165, 1.54) is 180 Å². The lowest BCUT2D eigenvalue weighted by Gasteiger charge is -2.24. The molecule has 2 unspecified atom stereocenters. The van der Waals surface area contributed by atoms with E-state index in [1.807, 2.05) is 21.1 Å². The van der Waals surface area contributed by atoms with Gasteiger partial charge in [0.15, 0.2) is 6.10 Å². The molecular formula is C50H99NO8P+. The van der Waals surface area contributed by atoms with Gasteiger partial charge in [-0.1, -0.05) is 206 Å². The number of nitrogens with zero attached hydrogens (tertiary/aromatic N) is 1. The molecule has 0 aromatic heterocycles. The van der Waals surface area contributed by atoms with E-state index in [9.17, 15) is 19.0 Å². The summed E-state index contributed by atoms with van der Waals surface area (Å²) in [6.07, 6.45) is 46.9. The van der Waals surface area contributed by atoms with Crippen LogP contribution in [0.2, 0.25) is 0 Å². The molecule has 0 rings (SSSR count). The number of carbonyl (C=O) groups is 2. The number of esters is 2. The van der Waals surface area contributed by atoms with E-state index in [-0.39, 0.29) is 25.6 Å². The Labute approximate surface area is 371 Å². The summed E-state index contributed by atoms with van der Waals surface area (Å²) >= 11 is 0. The summed E-state index contributed by atoms with van der Waals surface area (Å²) in [4.78, 5) is 35.5. The maximum Gasteiger partial charge on any atom is 0.472 e. The minimum absolute atomic E-state index is 0.0348. The largest absolute Gasteiger partial charge is 0.472 e. The third kappa shape index (κ3) is 46.3. The molecule has 0 aliphatic carbocycles. The van der Waals surface area contributed by atoms with E-state index in [4.69, 9.17) is 18.5 Å². The second kappa shape index (κ2) is 43.0. The molecule has 0 bridgehead atoms. The molecule has 1 N–H and O–H groups in total. The maximum absolute atomic E-state index is 12.7. The smallest absolute Gasteiger partial charge is 0.462 e. The molecule has 0 aromatic rings. The van der Waals surface area contributed by atoms with Gasteiger partial charge in [-0.2, -0.15) is 0 Å². The average Bonchev–Trinajstić information content (AvgIpc) is 3.20. The fraction of sp³-hybridized carbons (Fsp3) is 0.920. The molecule has 2 atom stereocenters. The van der Waals surface area contributed by atoms with Crippen molar-refractivity contribution in [2.24, 2.45) is 0 Å². The molecule has 0 radical (unpaired) electrons. The van der Waals surface area contributed by atoms with Crippen molar-refractivity contribution in [2.75, 3.05) is 47.5 Å². The zero-order valence-electron chi connectivity index (χ0n) is 40.2. The Morgan fingerprint density at radius 3 is 1.23 bits per heavy atom. The zero-order valence-corrected chi connectivity index (χ0v) is 41.1. The van der Waals surface area contributed by atoms with E-state index in [0.717, 1.165) is 32.1 Å². The van der Waals surface area contributed by atoms with Crippen LogP contribution in [-0.4, -0.2) is 74.9 Å². The van der Waals surface area contributed by atoms with Crippen LogP contribution in [0, 0.1) is 0 Å². The highest BCUT2D eigenvalue weighted by Gasteiger charge is 2.27. The van der Waals surface area contributed by atoms with Crippen molar-refractivity contribution in [3.63, 3.8) is 0 Å². The van der Waals surface area contributed by atoms with Gasteiger partial charge in [0.2, 0.25) is 0 Å². The number of hydrogen-bond donors (Lipinski definition) is 1. The van der Waals surface area contributed by atoms with Gasteiger partial charge in [-0.25, -0.2) is 4.57 Å². The van der Waals surface area contributed by atoms with E-state index in [0.29, 0.717) is 23.9 Å². The molecule has 0 saturated carbocycles.